The van der Waals surface area contributed by atoms with Crippen molar-refractivity contribution in [1.82, 2.24) is 4.98 Å². The normalized spacial score (nSPS) is 12.2. The highest BCUT2D eigenvalue weighted by atomic mass is 79.9. The van der Waals surface area contributed by atoms with Crippen molar-refractivity contribution in [3.63, 3.8) is 0 Å². The van der Waals surface area contributed by atoms with Gasteiger partial charge in [-0.05, 0) is 36.2 Å². The van der Waals surface area contributed by atoms with Crippen LogP contribution in [0.25, 0.3) is 0 Å². The maximum atomic E-state index is 10.8. The van der Waals surface area contributed by atoms with E-state index in [1.165, 1.54) is 6.20 Å². The summed E-state index contributed by atoms with van der Waals surface area (Å²) in [5.41, 5.74) is 0.633. The van der Waals surface area contributed by atoms with Crippen LogP contribution >= 0.6 is 15.9 Å². The van der Waals surface area contributed by atoms with E-state index in [0.717, 1.165) is 19.3 Å². The van der Waals surface area contributed by atoms with Crippen molar-refractivity contribution in [3.8, 4) is 0 Å². The monoisotopic (exact) mass is 315 g/mol. The molecular weight excluding hydrogens is 298 g/mol. The molecule has 1 heterocycles. The number of pyridine rings is 1. The molecule has 100 valence electrons. The lowest BCUT2D eigenvalue weighted by molar-refractivity contribution is -0.385. The quantitative estimate of drug-likeness (QED) is 0.635. The minimum atomic E-state index is -0.419. The van der Waals surface area contributed by atoms with Crippen molar-refractivity contribution in [2.24, 2.45) is 0 Å². The van der Waals surface area contributed by atoms with Crippen LogP contribution in [0.4, 0.5) is 11.5 Å². The molecule has 1 aromatic heterocycles. The van der Waals surface area contributed by atoms with Crippen molar-refractivity contribution in [1.29, 1.82) is 0 Å². The third-order valence-corrected chi connectivity index (χ3v) is 3.78. The fraction of sp³-hybridized carbons (Fsp3) is 0.583. The molecule has 0 aromatic carbocycles. The van der Waals surface area contributed by atoms with Crippen LogP contribution in [0.15, 0.2) is 10.7 Å². The number of unbranched alkanes of at least 4 members (excludes halogenated alkanes) is 1. The largest absolute Gasteiger partial charge is 0.367 e. The molecule has 0 spiro atoms. The lowest BCUT2D eigenvalue weighted by Crippen LogP contribution is -2.16. The minimum absolute atomic E-state index is 0.0358. The van der Waals surface area contributed by atoms with Crippen LogP contribution in [-0.2, 0) is 0 Å². The first-order chi connectivity index (χ1) is 8.47. The van der Waals surface area contributed by atoms with Gasteiger partial charge in [0.25, 0.3) is 5.69 Å². The maximum Gasteiger partial charge on any atom is 0.291 e. The van der Waals surface area contributed by atoms with E-state index in [2.05, 4.69) is 40.1 Å². The fourth-order valence-electron chi connectivity index (χ4n) is 1.67. The Hall–Kier alpha value is -1.17. The van der Waals surface area contributed by atoms with Crippen molar-refractivity contribution < 1.29 is 4.92 Å². The number of hydrogen-bond donors (Lipinski definition) is 1. The molecule has 0 aliphatic rings. The number of rotatable bonds is 6. The number of nitrogens with one attached hydrogen (secondary N) is 1. The second-order valence-electron chi connectivity index (χ2n) is 4.38. The first kappa shape index (κ1) is 14.9. The Morgan fingerprint density at radius 2 is 2.28 bits per heavy atom. The Labute approximate surface area is 115 Å². The van der Waals surface area contributed by atoms with Gasteiger partial charge in [-0.15, -0.1) is 0 Å². The summed E-state index contributed by atoms with van der Waals surface area (Å²) in [6.45, 7) is 5.95. The Bertz CT molecular complexity index is 438. The molecule has 0 radical (unpaired) electrons. The molecular formula is C12H18BrN3O2. The maximum absolute atomic E-state index is 10.8. The smallest absolute Gasteiger partial charge is 0.291 e. The van der Waals surface area contributed by atoms with Crippen LogP contribution in [0.1, 0.15) is 38.7 Å². The lowest BCUT2D eigenvalue weighted by atomic mass is 10.1. The van der Waals surface area contributed by atoms with Gasteiger partial charge in [-0.2, -0.15) is 0 Å². The molecule has 1 rings (SSSR count). The van der Waals surface area contributed by atoms with E-state index in [4.69, 9.17) is 0 Å². The predicted octanol–water partition coefficient (Wildman–Crippen LogP) is 4.05. The summed E-state index contributed by atoms with van der Waals surface area (Å²) in [6, 6.07) is 0.301. The number of aromatic nitrogens is 1. The van der Waals surface area contributed by atoms with E-state index in [0.29, 0.717) is 21.9 Å². The second-order valence-corrected chi connectivity index (χ2v) is 5.17. The van der Waals surface area contributed by atoms with E-state index < -0.39 is 4.92 Å². The summed E-state index contributed by atoms with van der Waals surface area (Å²) in [5.74, 6) is 0.668. The summed E-state index contributed by atoms with van der Waals surface area (Å²) in [4.78, 5) is 14.5. The second kappa shape index (κ2) is 6.68. The van der Waals surface area contributed by atoms with Gasteiger partial charge in [0, 0.05) is 11.6 Å². The molecule has 5 nitrogen and oxygen atoms in total. The van der Waals surface area contributed by atoms with E-state index in [-0.39, 0.29) is 5.69 Å². The zero-order chi connectivity index (χ0) is 13.7. The number of halogens is 1. The van der Waals surface area contributed by atoms with Crippen LogP contribution in [0.5, 0.6) is 0 Å². The molecule has 1 atom stereocenters. The third-order valence-electron chi connectivity index (χ3n) is 2.81. The molecule has 0 aliphatic heterocycles. The highest BCUT2D eigenvalue weighted by Gasteiger charge is 2.17. The van der Waals surface area contributed by atoms with Gasteiger partial charge in [0.1, 0.15) is 12.0 Å². The van der Waals surface area contributed by atoms with Gasteiger partial charge in [0.2, 0.25) is 0 Å². The topological polar surface area (TPSA) is 68.1 Å². The van der Waals surface area contributed by atoms with Gasteiger partial charge < -0.3 is 5.32 Å². The van der Waals surface area contributed by atoms with Gasteiger partial charge >= 0.3 is 0 Å². The summed E-state index contributed by atoms with van der Waals surface area (Å²) in [5, 5.41) is 14.0. The molecule has 0 saturated carbocycles. The third kappa shape index (κ3) is 3.66. The van der Waals surface area contributed by atoms with Gasteiger partial charge in [0.05, 0.1) is 9.40 Å². The Morgan fingerprint density at radius 1 is 1.61 bits per heavy atom. The highest BCUT2D eigenvalue weighted by Crippen LogP contribution is 2.31. The Morgan fingerprint density at radius 3 is 2.83 bits per heavy atom. The summed E-state index contributed by atoms with van der Waals surface area (Å²) < 4.78 is 0.667. The van der Waals surface area contributed by atoms with Crippen molar-refractivity contribution in [2.45, 2.75) is 46.1 Å². The molecule has 0 bridgehead atoms. The van der Waals surface area contributed by atoms with Gasteiger partial charge in [-0.3, -0.25) is 10.1 Å². The average Bonchev–Trinajstić information content (AvgIpc) is 2.32. The van der Waals surface area contributed by atoms with Crippen LogP contribution < -0.4 is 5.32 Å². The average molecular weight is 316 g/mol. The zero-order valence-electron chi connectivity index (χ0n) is 10.9. The molecule has 6 heteroatoms. The summed E-state index contributed by atoms with van der Waals surface area (Å²) in [6.07, 6.45) is 4.66. The lowest BCUT2D eigenvalue weighted by Gasteiger charge is -2.15. The van der Waals surface area contributed by atoms with Crippen LogP contribution in [0.2, 0.25) is 0 Å². The van der Waals surface area contributed by atoms with E-state index in [9.17, 15) is 10.1 Å². The van der Waals surface area contributed by atoms with Crippen LogP contribution in [0.3, 0.4) is 0 Å². The van der Waals surface area contributed by atoms with Gasteiger partial charge in [-0.1, -0.05) is 19.8 Å². The number of nitro groups is 1. The standard InChI is InChI=1S/C12H18BrN3O2/c1-4-5-6-8(2)15-12-11(13)9(3)10(7-14-12)16(17)18/h7-8H,4-6H2,1-3H3,(H,14,15). The number of nitrogens with zero attached hydrogens (tertiary/aromatic N) is 2. The minimum Gasteiger partial charge on any atom is -0.367 e. The first-order valence-electron chi connectivity index (χ1n) is 6.03. The first-order valence-corrected chi connectivity index (χ1v) is 6.82. The van der Waals surface area contributed by atoms with E-state index in [1.807, 2.05) is 0 Å². The van der Waals surface area contributed by atoms with Gasteiger partial charge in [0.15, 0.2) is 0 Å². The van der Waals surface area contributed by atoms with Crippen molar-refractivity contribution in [3.05, 3.63) is 26.3 Å². The van der Waals surface area contributed by atoms with E-state index >= 15 is 0 Å². The molecule has 1 unspecified atom stereocenters. The molecule has 1 aromatic rings. The van der Waals surface area contributed by atoms with Crippen LogP contribution in [-0.4, -0.2) is 15.9 Å². The Kier molecular flexibility index (Phi) is 5.53. The zero-order valence-corrected chi connectivity index (χ0v) is 12.5. The number of hydrogen-bond acceptors (Lipinski definition) is 4. The SMILES string of the molecule is CCCCC(C)Nc1ncc([N+](=O)[O-])c(C)c1Br. The summed E-state index contributed by atoms with van der Waals surface area (Å²) in [7, 11) is 0. The van der Waals surface area contributed by atoms with E-state index in [1.54, 1.807) is 6.92 Å². The predicted molar refractivity (Wildman–Crippen MR) is 75.9 cm³/mol. The molecule has 0 saturated heterocycles. The molecule has 0 fully saturated rings. The highest BCUT2D eigenvalue weighted by molar-refractivity contribution is 9.10. The Balaban J connectivity index is 2.85. The molecule has 1 N–H and O–H groups in total. The molecule has 0 aliphatic carbocycles. The van der Waals surface area contributed by atoms with Crippen LogP contribution in [0, 0.1) is 17.0 Å². The fourth-order valence-corrected chi connectivity index (χ4v) is 2.09. The molecule has 0 amide bonds. The number of anilines is 1. The van der Waals surface area contributed by atoms with Crippen molar-refractivity contribution >= 4 is 27.4 Å². The molecule has 18 heavy (non-hydrogen) atoms. The summed E-state index contributed by atoms with van der Waals surface area (Å²) >= 11 is 3.37. The van der Waals surface area contributed by atoms with Crippen molar-refractivity contribution in [2.75, 3.05) is 5.32 Å². The van der Waals surface area contributed by atoms with Gasteiger partial charge in [-0.25, -0.2) is 4.98 Å².